The van der Waals surface area contributed by atoms with Crippen LogP contribution in [0.5, 0.6) is 0 Å². The van der Waals surface area contributed by atoms with Crippen LogP contribution in [-0.2, 0) is 28.6 Å². The van der Waals surface area contributed by atoms with Crippen molar-refractivity contribution in [2.24, 2.45) is 11.8 Å². The molecule has 0 aromatic rings. The Balaban J connectivity index is 1.50. The number of ether oxygens (including phenoxy) is 3. The number of aliphatic hydroxyl groups is 1. The van der Waals surface area contributed by atoms with Gasteiger partial charge >= 0.3 is 5.97 Å². The van der Waals surface area contributed by atoms with Crippen molar-refractivity contribution < 1.29 is 33.7 Å². The molecule has 4 heterocycles. The molecule has 30 heavy (non-hydrogen) atoms. The highest BCUT2D eigenvalue weighted by Crippen LogP contribution is 2.58. The van der Waals surface area contributed by atoms with Crippen LogP contribution in [0.15, 0.2) is 0 Å². The average molecular weight is 425 g/mol. The molecular weight excluding hydrogens is 394 g/mol. The first-order valence-electron chi connectivity index (χ1n) is 10.9. The summed E-state index contributed by atoms with van der Waals surface area (Å²) in [5, 5.41) is 12.5. The number of nitrogens with one attached hydrogen (secondary N) is 1. The van der Waals surface area contributed by atoms with Gasteiger partial charge in [0.25, 0.3) is 0 Å². The van der Waals surface area contributed by atoms with Gasteiger partial charge in [-0.3, -0.25) is 19.3 Å². The van der Waals surface area contributed by atoms with Crippen LogP contribution in [0.2, 0.25) is 0 Å². The Morgan fingerprint density at radius 1 is 1.30 bits per heavy atom. The molecule has 0 aliphatic carbocycles. The lowest BCUT2D eigenvalue weighted by Gasteiger charge is -2.33. The summed E-state index contributed by atoms with van der Waals surface area (Å²) >= 11 is 0. The molecule has 2 bridgehead atoms. The summed E-state index contributed by atoms with van der Waals surface area (Å²) in [4.78, 5) is 42.6. The molecule has 4 fully saturated rings. The molecule has 0 saturated carbocycles. The van der Waals surface area contributed by atoms with Crippen LogP contribution in [0.25, 0.3) is 0 Å². The topological polar surface area (TPSA) is 118 Å². The zero-order valence-electron chi connectivity index (χ0n) is 17.4. The Kier molecular flexibility index (Phi) is 6.29. The molecule has 4 rings (SSSR count). The monoisotopic (exact) mass is 425 g/mol. The van der Waals surface area contributed by atoms with Crippen LogP contribution in [0.4, 0.5) is 0 Å². The molecule has 10 heteroatoms. The van der Waals surface area contributed by atoms with E-state index < -0.39 is 35.6 Å². The summed E-state index contributed by atoms with van der Waals surface area (Å²) in [7, 11) is 0. The van der Waals surface area contributed by atoms with Crippen molar-refractivity contribution in [2.45, 2.75) is 37.5 Å². The van der Waals surface area contributed by atoms with Gasteiger partial charge in [-0.1, -0.05) is 0 Å². The highest BCUT2D eigenvalue weighted by molar-refractivity contribution is 5.98. The molecule has 0 aromatic heterocycles. The van der Waals surface area contributed by atoms with Crippen LogP contribution in [-0.4, -0.2) is 110 Å². The predicted octanol–water partition coefficient (Wildman–Crippen LogP) is -1.64. The van der Waals surface area contributed by atoms with Crippen molar-refractivity contribution in [3.8, 4) is 0 Å². The molecule has 4 aliphatic heterocycles. The Morgan fingerprint density at radius 3 is 2.77 bits per heavy atom. The summed E-state index contributed by atoms with van der Waals surface area (Å²) < 4.78 is 16.7. The quantitative estimate of drug-likeness (QED) is 0.445. The SMILES string of the molecule is CCOC(=O)[C@@H]1[C@H]2C(=O)N(CCO)C(C(=O)NCCN3CCOCC3)C23CC[C@H]1O3. The van der Waals surface area contributed by atoms with Crippen LogP contribution in [0, 0.1) is 11.8 Å². The van der Waals surface area contributed by atoms with Crippen LogP contribution in [0.1, 0.15) is 19.8 Å². The maximum Gasteiger partial charge on any atom is 0.312 e. The first-order chi connectivity index (χ1) is 14.5. The normalized spacial score (nSPS) is 35.5. The van der Waals surface area contributed by atoms with Gasteiger partial charge in [0, 0.05) is 32.7 Å². The van der Waals surface area contributed by atoms with E-state index in [4.69, 9.17) is 14.2 Å². The van der Waals surface area contributed by atoms with Crippen molar-refractivity contribution >= 4 is 17.8 Å². The Morgan fingerprint density at radius 2 is 2.07 bits per heavy atom. The van der Waals surface area contributed by atoms with Crippen molar-refractivity contribution in [2.75, 3.05) is 59.2 Å². The third-order valence-corrected chi connectivity index (χ3v) is 6.78. The van der Waals surface area contributed by atoms with E-state index in [1.54, 1.807) is 6.92 Å². The molecule has 168 valence electrons. The number of carbonyl (C=O) groups excluding carboxylic acids is 3. The van der Waals surface area contributed by atoms with Gasteiger partial charge in [0.1, 0.15) is 11.6 Å². The molecule has 0 radical (unpaired) electrons. The number of hydrogen-bond acceptors (Lipinski definition) is 8. The summed E-state index contributed by atoms with van der Waals surface area (Å²) in [5.41, 5.74) is -1.03. The van der Waals surface area contributed by atoms with E-state index in [1.165, 1.54) is 4.90 Å². The minimum Gasteiger partial charge on any atom is -0.466 e. The van der Waals surface area contributed by atoms with E-state index in [9.17, 15) is 19.5 Å². The largest absolute Gasteiger partial charge is 0.466 e. The van der Waals surface area contributed by atoms with Crippen LogP contribution >= 0.6 is 0 Å². The second-order valence-corrected chi connectivity index (χ2v) is 8.31. The van der Waals surface area contributed by atoms with E-state index in [0.29, 0.717) is 39.1 Å². The minimum atomic E-state index is -1.03. The average Bonchev–Trinajstić information content (AvgIpc) is 3.37. The Bertz CT molecular complexity index is 683. The van der Waals surface area contributed by atoms with Crippen LogP contribution in [0.3, 0.4) is 0 Å². The standard InChI is InChI=1S/C20H31N3O7/c1-2-29-19(27)14-13-3-4-20(30-13)15(14)18(26)23(7-10-24)16(20)17(25)21-5-6-22-8-11-28-12-9-22/h13-16,24H,2-12H2,1H3,(H,21,25)/t13-,14+,15+,16?,20?/m1/s1. The molecule has 4 saturated heterocycles. The van der Waals surface area contributed by atoms with Gasteiger partial charge in [-0.15, -0.1) is 0 Å². The summed E-state index contributed by atoms with van der Waals surface area (Å²) in [6.45, 7) is 5.88. The fraction of sp³-hybridized carbons (Fsp3) is 0.850. The minimum absolute atomic E-state index is 0.0300. The lowest BCUT2D eigenvalue weighted by atomic mass is 9.71. The van der Waals surface area contributed by atoms with E-state index in [2.05, 4.69) is 10.2 Å². The van der Waals surface area contributed by atoms with Gasteiger partial charge in [0.05, 0.1) is 44.4 Å². The molecule has 1 spiro atoms. The van der Waals surface area contributed by atoms with Gasteiger partial charge in [0.2, 0.25) is 11.8 Å². The number of rotatable bonds is 8. The van der Waals surface area contributed by atoms with E-state index >= 15 is 0 Å². The first kappa shape index (κ1) is 21.5. The highest BCUT2D eigenvalue weighted by Gasteiger charge is 2.74. The number of esters is 1. The lowest BCUT2D eigenvalue weighted by molar-refractivity contribution is -0.154. The maximum atomic E-state index is 13.2. The Labute approximate surface area is 175 Å². The van der Waals surface area contributed by atoms with Crippen LogP contribution < -0.4 is 5.32 Å². The molecule has 4 aliphatic rings. The van der Waals surface area contributed by atoms with E-state index in [0.717, 1.165) is 13.1 Å². The molecule has 0 aromatic carbocycles. The van der Waals surface area contributed by atoms with Gasteiger partial charge in [-0.25, -0.2) is 0 Å². The van der Waals surface area contributed by atoms with E-state index in [1.807, 2.05) is 0 Å². The highest BCUT2D eigenvalue weighted by atomic mass is 16.6. The molecule has 10 nitrogen and oxygen atoms in total. The molecular formula is C20H31N3O7. The summed E-state index contributed by atoms with van der Waals surface area (Å²) in [6.07, 6.45) is 0.739. The molecule has 2 amide bonds. The number of carbonyl (C=O) groups is 3. The molecule has 5 atom stereocenters. The molecule has 2 unspecified atom stereocenters. The number of aliphatic hydroxyl groups excluding tert-OH is 1. The summed E-state index contributed by atoms with van der Waals surface area (Å²) in [6, 6.07) is -0.851. The zero-order valence-corrected chi connectivity index (χ0v) is 17.4. The number of likely N-dealkylation sites (tertiary alicyclic amines) is 1. The number of morpholine rings is 1. The van der Waals surface area contributed by atoms with Crippen molar-refractivity contribution in [3.63, 3.8) is 0 Å². The van der Waals surface area contributed by atoms with Crippen molar-refractivity contribution in [1.82, 2.24) is 15.1 Å². The fourth-order valence-electron chi connectivity index (χ4n) is 5.57. The van der Waals surface area contributed by atoms with Crippen molar-refractivity contribution in [1.29, 1.82) is 0 Å². The lowest BCUT2D eigenvalue weighted by Crippen LogP contribution is -2.56. The van der Waals surface area contributed by atoms with Crippen molar-refractivity contribution in [3.05, 3.63) is 0 Å². The number of hydrogen-bond donors (Lipinski definition) is 2. The van der Waals surface area contributed by atoms with Gasteiger partial charge < -0.3 is 29.5 Å². The zero-order chi connectivity index (χ0) is 21.3. The number of nitrogens with zero attached hydrogens (tertiary/aromatic N) is 2. The number of fused-ring (bicyclic) bond motifs is 1. The second-order valence-electron chi connectivity index (χ2n) is 8.31. The third kappa shape index (κ3) is 3.49. The molecule has 2 N–H and O–H groups in total. The maximum absolute atomic E-state index is 13.2. The third-order valence-electron chi connectivity index (χ3n) is 6.78. The predicted molar refractivity (Wildman–Crippen MR) is 103 cm³/mol. The first-order valence-corrected chi connectivity index (χ1v) is 10.9. The van der Waals surface area contributed by atoms with E-state index in [-0.39, 0.29) is 31.6 Å². The fourth-order valence-corrected chi connectivity index (χ4v) is 5.57. The Hall–Kier alpha value is -1.75. The van der Waals surface area contributed by atoms with Gasteiger partial charge in [-0.2, -0.15) is 0 Å². The number of β-amino-alcohol motifs (C(OH)–C–C–N with tert-alkyl or cyclic N) is 1. The summed E-state index contributed by atoms with van der Waals surface area (Å²) in [5.74, 6) is -2.48. The number of amides is 2. The van der Waals surface area contributed by atoms with Gasteiger partial charge in [0.15, 0.2) is 0 Å². The van der Waals surface area contributed by atoms with Gasteiger partial charge in [-0.05, 0) is 19.8 Å². The second kappa shape index (κ2) is 8.78. The smallest absolute Gasteiger partial charge is 0.312 e.